The van der Waals surface area contributed by atoms with Crippen molar-refractivity contribution < 1.29 is 14.4 Å². The van der Waals surface area contributed by atoms with E-state index in [-0.39, 0.29) is 24.3 Å². The monoisotopic (exact) mass is 332 g/mol. The molecule has 1 aliphatic rings. The van der Waals surface area contributed by atoms with E-state index in [0.717, 1.165) is 5.69 Å². The lowest BCUT2D eigenvalue weighted by Gasteiger charge is -2.40. The molecule has 0 spiro atoms. The molecular weight excluding hydrogens is 308 g/mol. The first-order valence-electron chi connectivity index (χ1n) is 7.90. The van der Waals surface area contributed by atoms with Gasteiger partial charge >= 0.3 is 0 Å². The molecule has 0 unspecified atom stereocenters. The van der Waals surface area contributed by atoms with Crippen molar-refractivity contribution in [1.82, 2.24) is 15.1 Å². The van der Waals surface area contributed by atoms with Gasteiger partial charge in [-0.25, -0.2) is 0 Å². The van der Waals surface area contributed by atoms with Crippen LogP contribution >= 0.6 is 0 Å². The van der Waals surface area contributed by atoms with Gasteiger partial charge in [-0.15, -0.1) is 0 Å². The van der Waals surface area contributed by atoms with Gasteiger partial charge in [0.1, 0.15) is 6.04 Å². The van der Waals surface area contributed by atoms with E-state index in [1.165, 1.54) is 18.9 Å². The topological polar surface area (TPSA) is 73.0 Å². The third-order valence-corrected chi connectivity index (χ3v) is 4.23. The van der Waals surface area contributed by atoms with Gasteiger partial charge in [-0.3, -0.25) is 14.4 Å². The van der Waals surface area contributed by atoms with Crippen molar-refractivity contribution in [3.05, 3.63) is 29.8 Å². The van der Waals surface area contributed by atoms with Crippen LogP contribution in [0.15, 0.2) is 24.3 Å². The molecule has 0 bridgehead atoms. The van der Waals surface area contributed by atoms with Gasteiger partial charge in [-0.05, 0) is 18.2 Å². The van der Waals surface area contributed by atoms with E-state index in [4.69, 9.17) is 0 Å². The fourth-order valence-electron chi connectivity index (χ4n) is 2.83. The first kappa shape index (κ1) is 17.8. The van der Waals surface area contributed by atoms with Crippen LogP contribution in [0.25, 0.3) is 0 Å². The summed E-state index contributed by atoms with van der Waals surface area (Å²) in [5.41, 5.74) is 1.51. The zero-order valence-corrected chi connectivity index (χ0v) is 14.6. The Morgan fingerprint density at radius 2 is 1.92 bits per heavy atom. The average molecular weight is 332 g/mol. The fraction of sp³-hybridized carbons (Fsp3) is 0.471. The summed E-state index contributed by atoms with van der Waals surface area (Å²) in [7, 11) is 5.36. The van der Waals surface area contributed by atoms with Crippen LogP contribution in [0.1, 0.15) is 17.3 Å². The first-order chi connectivity index (χ1) is 11.3. The number of hydrogen-bond acceptors (Lipinski definition) is 4. The quantitative estimate of drug-likeness (QED) is 0.856. The predicted octanol–water partition coefficient (Wildman–Crippen LogP) is 0.172. The van der Waals surface area contributed by atoms with Crippen molar-refractivity contribution in [3.63, 3.8) is 0 Å². The van der Waals surface area contributed by atoms with E-state index in [2.05, 4.69) is 5.32 Å². The van der Waals surface area contributed by atoms with Crippen LogP contribution in [-0.2, 0) is 9.59 Å². The van der Waals surface area contributed by atoms with Crippen molar-refractivity contribution in [1.29, 1.82) is 0 Å². The van der Waals surface area contributed by atoms with Gasteiger partial charge in [0.25, 0.3) is 5.91 Å². The molecule has 1 saturated heterocycles. The van der Waals surface area contributed by atoms with Gasteiger partial charge in [0.05, 0.1) is 6.54 Å². The lowest BCUT2D eigenvalue weighted by Crippen LogP contribution is -2.60. The van der Waals surface area contributed by atoms with E-state index in [9.17, 15) is 14.4 Å². The number of likely N-dealkylation sites (N-methyl/N-ethyl adjacent to an activating group) is 1. The zero-order valence-electron chi connectivity index (χ0n) is 14.6. The lowest BCUT2D eigenvalue weighted by molar-refractivity contribution is -0.141. The predicted molar refractivity (Wildman–Crippen MR) is 91.9 cm³/mol. The third-order valence-electron chi connectivity index (χ3n) is 4.23. The van der Waals surface area contributed by atoms with E-state index in [1.807, 2.05) is 37.2 Å². The number of nitrogens with zero attached hydrogens (tertiary/aromatic N) is 3. The molecular formula is C17H24N4O3. The summed E-state index contributed by atoms with van der Waals surface area (Å²) >= 11 is 0. The molecule has 2 rings (SSSR count). The van der Waals surface area contributed by atoms with Crippen molar-refractivity contribution in [2.75, 3.05) is 45.7 Å². The number of hydrogen-bond donors (Lipinski definition) is 1. The Kier molecular flexibility index (Phi) is 5.43. The molecule has 0 aromatic heterocycles. The van der Waals surface area contributed by atoms with Crippen molar-refractivity contribution in [3.8, 4) is 0 Å². The molecule has 7 heteroatoms. The maximum atomic E-state index is 12.8. The largest absolute Gasteiger partial charge is 0.378 e. The maximum absolute atomic E-state index is 12.8. The molecule has 7 nitrogen and oxygen atoms in total. The number of anilines is 1. The second-order valence-corrected chi connectivity index (χ2v) is 6.04. The summed E-state index contributed by atoms with van der Waals surface area (Å²) in [5.74, 6) is -0.550. The highest BCUT2D eigenvalue weighted by Crippen LogP contribution is 2.18. The van der Waals surface area contributed by atoms with Gasteiger partial charge in [0, 0.05) is 52.4 Å². The molecule has 1 atom stereocenters. The highest BCUT2D eigenvalue weighted by atomic mass is 16.2. The number of rotatable bonds is 3. The number of benzene rings is 1. The van der Waals surface area contributed by atoms with Gasteiger partial charge in [-0.1, -0.05) is 6.07 Å². The molecule has 1 N–H and O–H groups in total. The summed E-state index contributed by atoms with van der Waals surface area (Å²) < 4.78 is 0. The Balaban J connectivity index is 2.20. The number of amides is 3. The van der Waals surface area contributed by atoms with Crippen molar-refractivity contribution >= 4 is 23.4 Å². The number of piperazine rings is 1. The van der Waals surface area contributed by atoms with Crippen LogP contribution in [0.3, 0.4) is 0 Å². The molecule has 1 aromatic rings. The highest BCUT2D eigenvalue weighted by molar-refractivity contribution is 5.96. The summed E-state index contributed by atoms with van der Waals surface area (Å²) in [6, 6.07) is 6.71. The smallest absolute Gasteiger partial charge is 0.254 e. The molecule has 1 aliphatic heterocycles. The summed E-state index contributed by atoms with van der Waals surface area (Å²) in [6.07, 6.45) is 0. The third kappa shape index (κ3) is 3.67. The summed E-state index contributed by atoms with van der Waals surface area (Å²) in [5, 5.41) is 2.57. The van der Waals surface area contributed by atoms with Gasteiger partial charge in [-0.2, -0.15) is 0 Å². The highest BCUT2D eigenvalue weighted by Gasteiger charge is 2.35. The van der Waals surface area contributed by atoms with Gasteiger partial charge in [0.15, 0.2) is 0 Å². The Labute approximate surface area is 142 Å². The normalized spacial score (nSPS) is 17.4. The molecule has 1 heterocycles. The second kappa shape index (κ2) is 7.33. The zero-order chi connectivity index (χ0) is 17.9. The fourth-order valence-corrected chi connectivity index (χ4v) is 2.83. The van der Waals surface area contributed by atoms with Crippen LogP contribution < -0.4 is 10.2 Å². The number of nitrogens with one attached hydrogen (secondary N) is 1. The molecule has 0 radical (unpaired) electrons. The number of carbonyl (C=O) groups excluding carboxylic acids is 3. The Bertz CT molecular complexity index is 644. The van der Waals surface area contributed by atoms with Crippen LogP contribution in [-0.4, -0.2) is 74.3 Å². The average Bonchev–Trinajstić information content (AvgIpc) is 2.59. The summed E-state index contributed by atoms with van der Waals surface area (Å²) in [4.78, 5) is 41.7. The van der Waals surface area contributed by atoms with Crippen molar-refractivity contribution in [2.45, 2.75) is 13.0 Å². The minimum Gasteiger partial charge on any atom is -0.378 e. The first-order valence-corrected chi connectivity index (χ1v) is 7.90. The summed E-state index contributed by atoms with van der Waals surface area (Å²) in [6.45, 7) is 2.41. The minimum atomic E-state index is -0.651. The lowest BCUT2D eigenvalue weighted by atomic mass is 10.1. The van der Waals surface area contributed by atoms with Crippen LogP contribution in [0.5, 0.6) is 0 Å². The Morgan fingerprint density at radius 3 is 2.50 bits per heavy atom. The van der Waals surface area contributed by atoms with Gasteiger partial charge < -0.3 is 20.0 Å². The van der Waals surface area contributed by atoms with Gasteiger partial charge in [0.2, 0.25) is 11.8 Å². The Hall–Kier alpha value is -2.57. The van der Waals surface area contributed by atoms with E-state index >= 15 is 0 Å². The van der Waals surface area contributed by atoms with Crippen LogP contribution in [0.4, 0.5) is 5.69 Å². The maximum Gasteiger partial charge on any atom is 0.254 e. The number of carbonyl (C=O) groups is 3. The molecule has 0 aliphatic carbocycles. The van der Waals surface area contributed by atoms with E-state index in [0.29, 0.717) is 18.7 Å². The SMILES string of the molecule is CNC(=O)[C@@H]1CN(C(=O)c2cccc(N(C)C)c2)CCN1C(C)=O. The molecule has 3 amide bonds. The molecule has 130 valence electrons. The van der Waals surface area contributed by atoms with Crippen molar-refractivity contribution in [2.24, 2.45) is 0 Å². The van der Waals surface area contributed by atoms with E-state index < -0.39 is 6.04 Å². The minimum absolute atomic E-state index is 0.129. The standard InChI is InChI=1S/C17H24N4O3/c1-12(22)21-9-8-20(11-15(21)16(23)18-2)17(24)13-6-5-7-14(10-13)19(3)4/h5-7,10,15H,8-9,11H2,1-4H3,(H,18,23)/t15-/m0/s1. The molecule has 1 fully saturated rings. The Morgan fingerprint density at radius 1 is 1.21 bits per heavy atom. The molecule has 0 saturated carbocycles. The van der Waals surface area contributed by atoms with Crippen LogP contribution in [0, 0.1) is 0 Å². The molecule has 1 aromatic carbocycles. The van der Waals surface area contributed by atoms with Crippen LogP contribution in [0.2, 0.25) is 0 Å². The molecule has 24 heavy (non-hydrogen) atoms. The second-order valence-electron chi connectivity index (χ2n) is 6.04. The van der Waals surface area contributed by atoms with E-state index in [1.54, 1.807) is 11.0 Å².